The Morgan fingerprint density at radius 2 is 2.02 bits per heavy atom. The van der Waals surface area contributed by atoms with Gasteiger partial charge in [-0.1, -0.05) is 11.6 Å². The van der Waals surface area contributed by atoms with Crippen LogP contribution in [0.4, 0.5) is 30.6 Å². The fourth-order valence-corrected chi connectivity index (χ4v) is 7.48. The van der Waals surface area contributed by atoms with E-state index < -0.39 is 53.9 Å². The first-order chi connectivity index (χ1) is 21.5. The van der Waals surface area contributed by atoms with Gasteiger partial charge in [-0.25, -0.2) is 4.98 Å². The highest BCUT2D eigenvalue weighted by molar-refractivity contribution is 7.52. The van der Waals surface area contributed by atoms with Crippen LogP contribution >= 0.6 is 7.60 Å². The van der Waals surface area contributed by atoms with Gasteiger partial charge >= 0.3 is 6.18 Å². The number of rotatable bonds is 11. The zero-order valence-corrected chi connectivity index (χ0v) is 26.9. The lowest BCUT2D eigenvalue weighted by Crippen LogP contribution is -2.74. The third kappa shape index (κ3) is 6.42. The van der Waals surface area contributed by atoms with Gasteiger partial charge < -0.3 is 40.1 Å². The average molecular weight is 671 g/mol. The van der Waals surface area contributed by atoms with Crippen molar-refractivity contribution in [1.29, 1.82) is 0 Å². The monoisotopic (exact) mass is 670 g/mol. The highest BCUT2D eigenvalue weighted by Gasteiger charge is 2.57. The number of ether oxygens (including phenoxy) is 1. The number of methoxy groups -OCH3 is 1. The molecule has 252 valence electrons. The summed E-state index contributed by atoms with van der Waals surface area (Å²) in [7, 11) is -2.75. The van der Waals surface area contributed by atoms with E-state index in [1.807, 2.05) is 0 Å². The van der Waals surface area contributed by atoms with Gasteiger partial charge in [-0.15, -0.1) is 0 Å². The molecular formula is C28H38F3N8O6P. The van der Waals surface area contributed by atoms with Crippen molar-refractivity contribution in [2.75, 3.05) is 44.5 Å². The Hall–Kier alpha value is -3.76. The second-order valence-electron chi connectivity index (χ2n) is 11.7. The molecule has 0 radical (unpaired) electrons. The lowest BCUT2D eigenvalue weighted by molar-refractivity contribution is -0.199. The van der Waals surface area contributed by atoms with Gasteiger partial charge in [-0.3, -0.25) is 14.4 Å². The predicted octanol–water partition coefficient (Wildman–Crippen LogP) is 2.39. The van der Waals surface area contributed by atoms with Crippen LogP contribution in [0.3, 0.4) is 0 Å². The van der Waals surface area contributed by atoms with Gasteiger partial charge in [0.1, 0.15) is 35.4 Å². The molecule has 1 aliphatic carbocycles. The van der Waals surface area contributed by atoms with Crippen molar-refractivity contribution in [1.82, 2.24) is 30.0 Å². The summed E-state index contributed by atoms with van der Waals surface area (Å²) in [6.07, 6.45) is 3.09. The minimum Gasteiger partial charge on any atom is -0.777 e. The van der Waals surface area contributed by atoms with Crippen molar-refractivity contribution in [3.05, 3.63) is 59.3 Å². The molecule has 14 nitrogen and oxygen atoms in total. The number of allylic oxidation sites excluding steroid dienone is 2. The third-order valence-corrected chi connectivity index (χ3v) is 9.82. The van der Waals surface area contributed by atoms with E-state index in [-0.39, 0.29) is 42.8 Å². The number of alkyl halides is 3. The molecule has 0 saturated carbocycles. The Balaban J connectivity index is 1.90. The number of likely N-dealkylation sites (N-methyl/N-ethyl adjacent to an activating group) is 1. The second-order valence-corrected chi connectivity index (χ2v) is 13.5. The Morgan fingerprint density at radius 1 is 1.30 bits per heavy atom. The smallest absolute Gasteiger partial charge is 0.421 e. The van der Waals surface area contributed by atoms with Crippen LogP contribution in [-0.2, 0) is 20.3 Å². The molecule has 1 amide bonds. The molecule has 2 aromatic heterocycles. The Bertz CT molecular complexity index is 1590. The molecule has 1 aliphatic heterocycles. The molecule has 5 unspecified atom stereocenters. The standard InChI is InChI=1S/C28H38F3N8O6P/c1-17-7-8-27(46(42,43)44,21(11-17)45-5)38-25-33-15-20(28(29,30)31)23(36-25)37-26(3)12-18(2)16-39(9-6-10-40,19-13-34-35-14-19)22(26)24(41)32-4/h7,11-15,22,40H,6,8-10,16H2,1-5H3,(H5-,32,33,34,35,36,37,38,41,42,43,44). The number of aliphatic hydroxyl groups is 1. The van der Waals surface area contributed by atoms with Crippen LogP contribution in [0.2, 0.25) is 0 Å². The normalized spacial score (nSPS) is 27.9. The van der Waals surface area contributed by atoms with Crippen LogP contribution in [0.1, 0.15) is 39.2 Å². The van der Waals surface area contributed by atoms with Gasteiger partial charge in [-0.2, -0.15) is 23.3 Å². The summed E-state index contributed by atoms with van der Waals surface area (Å²) in [4.78, 5) is 44.7. The number of hydrogen-bond acceptors (Lipinski definition) is 10. The summed E-state index contributed by atoms with van der Waals surface area (Å²) in [5, 5.41) is 22.2. The number of amides is 1. The Labute approximate surface area is 263 Å². The van der Waals surface area contributed by atoms with Crippen LogP contribution < -0.4 is 25.3 Å². The number of halogens is 3. The van der Waals surface area contributed by atoms with E-state index in [1.54, 1.807) is 33.0 Å². The molecule has 0 saturated heterocycles. The summed E-state index contributed by atoms with van der Waals surface area (Å²) < 4.78 is 61.2. The van der Waals surface area contributed by atoms with Gasteiger partial charge in [0.15, 0.2) is 24.6 Å². The molecular weight excluding hydrogens is 632 g/mol. The number of hydrogen-bond donors (Lipinski definition) is 6. The predicted molar refractivity (Wildman–Crippen MR) is 162 cm³/mol. The topological polar surface area (TPSA) is 197 Å². The Morgan fingerprint density at radius 3 is 2.59 bits per heavy atom. The summed E-state index contributed by atoms with van der Waals surface area (Å²) >= 11 is 0. The molecule has 0 fully saturated rings. The van der Waals surface area contributed by atoms with Crippen LogP contribution in [0, 0.1) is 0 Å². The average Bonchev–Trinajstić information content (AvgIpc) is 3.51. The van der Waals surface area contributed by atoms with Crippen molar-refractivity contribution in [3.63, 3.8) is 0 Å². The van der Waals surface area contributed by atoms with Gasteiger partial charge in [0.2, 0.25) is 5.95 Å². The molecule has 5 atom stereocenters. The lowest BCUT2D eigenvalue weighted by Gasteiger charge is -2.52. The summed E-state index contributed by atoms with van der Waals surface area (Å²) in [6, 6.07) is -1.11. The number of carbonyl (C=O) groups is 1. The maximum atomic E-state index is 14.4. The van der Waals surface area contributed by atoms with Gasteiger partial charge in [0, 0.05) is 32.7 Å². The van der Waals surface area contributed by atoms with Gasteiger partial charge in [0.05, 0.1) is 19.9 Å². The third-order valence-electron chi connectivity index (χ3n) is 8.34. The minimum absolute atomic E-state index is 0.0965. The fraction of sp³-hybridized carbons (Fsp3) is 0.500. The quantitative estimate of drug-likeness (QED) is 0.117. The number of H-pyrrole nitrogens is 1. The van der Waals surface area contributed by atoms with Crippen molar-refractivity contribution >= 4 is 31.0 Å². The highest BCUT2D eigenvalue weighted by Crippen LogP contribution is 2.55. The molecule has 3 heterocycles. The van der Waals surface area contributed by atoms with Crippen LogP contribution in [0.5, 0.6) is 0 Å². The van der Waals surface area contributed by atoms with Crippen LogP contribution in [-0.4, -0.2) is 86.8 Å². The molecule has 2 aromatic rings. The molecule has 2 aliphatic rings. The van der Waals surface area contributed by atoms with E-state index in [9.17, 15) is 37.4 Å². The number of aromatic amines is 1. The van der Waals surface area contributed by atoms with Crippen molar-refractivity contribution < 1.29 is 42.2 Å². The first-order valence-electron chi connectivity index (χ1n) is 14.3. The number of carbonyl (C=O) groups excluding carboxylic acids is 1. The molecule has 6 N–H and O–H groups in total. The molecule has 0 bridgehead atoms. The van der Waals surface area contributed by atoms with Crippen molar-refractivity contribution in [2.24, 2.45) is 0 Å². The number of nitrogens with one attached hydrogen (secondary N) is 4. The lowest BCUT2D eigenvalue weighted by atomic mass is 9.81. The summed E-state index contributed by atoms with van der Waals surface area (Å²) in [5.41, 5.74) is -0.911. The van der Waals surface area contributed by atoms with Gasteiger partial charge in [-0.05, 0) is 38.5 Å². The van der Waals surface area contributed by atoms with E-state index in [2.05, 4.69) is 36.1 Å². The summed E-state index contributed by atoms with van der Waals surface area (Å²) in [6.45, 7) is 5.33. The zero-order valence-electron chi connectivity index (χ0n) is 26.0. The highest BCUT2D eigenvalue weighted by atomic mass is 31.2. The van der Waals surface area contributed by atoms with E-state index in [1.165, 1.54) is 32.5 Å². The number of aromatic nitrogens is 4. The van der Waals surface area contributed by atoms with E-state index >= 15 is 0 Å². The van der Waals surface area contributed by atoms with Gasteiger partial charge in [0.25, 0.3) is 5.91 Å². The number of aliphatic hydroxyl groups excluding tert-OH is 1. The van der Waals surface area contributed by atoms with Crippen LogP contribution in [0.15, 0.2) is 53.7 Å². The number of quaternary nitrogens is 1. The largest absolute Gasteiger partial charge is 0.777 e. The molecule has 46 heavy (non-hydrogen) atoms. The molecule has 18 heteroatoms. The number of nitrogens with zero attached hydrogens (tertiary/aromatic N) is 4. The fourth-order valence-electron chi connectivity index (χ4n) is 6.49. The van der Waals surface area contributed by atoms with E-state index in [4.69, 9.17) is 4.74 Å². The van der Waals surface area contributed by atoms with Crippen molar-refractivity contribution in [3.8, 4) is 0 Å². The summed E-state index contributed by atoms with van der Waals surface area (Å²) in [5.74, 6) is -2.04. The maximum Gasteiger partial charge on any atom is 0.421 e. The Kier molecular flexibility index (Phi) is 9.76. The van der Waals surface area contributed by atoms with Crippen LogP contribution in [0.25, 0.3) is 0 Å². The zero-order chi connectivity index (χ0) is 34.1. The molecule has 0 aromatic carbocycles. The first kappa shape index (κ1) is 35.1. The SMILES string of the molecule is CNC(=O)C1C(C)(Nc2nc(NC3(P(=O)([O-])O)CC=C(C)C=C3OC)ncc2C(F)(F)F)C=C(C)C[N+]1(CCCO)c1cn[nH]c1. The molecule has 0 spiro atoms. The minimum atomic E-state index is -5.35. The van der Waals surface area contributed by atoms with Crippen molar-refractivity contribution in [2.45, 2.75) is 56.6 Å². The van der Waals surface area contributed by atoms with E-state index in [0.717, 1.165) is 5.57 Å². The first-order valence-corrected chi connectivity index (χ1v) is 15.9. The number of anilines is 2. The molecule has 4 rings (SSSR count). The maximum absolute atomic E-state index is 14.4. The van der Waals surface area contributed by atoms with E-state index in [0.29, 0.717) is 17.5 Å². The second kappa shape index (κ2) is 12.8.